The van der Waals surface area contributed by atoms with E-state index in [2.05, 4.69) is 13.8 Å². The van der Waals surface area contributed by atoms with Gasteiger partial charge in [-0.1, -0.05) is 38.1 Å². The average molecular weight is 347 g/mol. The molecule has 1 aliphatic rings. The molecule has 3 rings (SSSR count). The molecule has 0 aromatic heterocycles. The van der Waals surface area contributed by atoms with E-state index in [9.17, 15) is 12.8 Å². The first-order chi connectivity index (χ1) is 11.2. The Morgan fingerprint density at radius 1 is 1.04 bits per heavy atom. The van der Waals surface area contributed by atoms with Gasteiger partial charge in [-0.3, -0.25) is 0 Å². The maximum Gasteiger partial charge on any atom is 0.238 e. The van der Waals surface area contributed by atoms with Gasteiger partial charge in [0.25, 0.3) is 0 Å². The van der Waals surface area contributed by atoms with Crippen LogP contribution in [-0.4, -0.2) is 8.42 Å². The van der Waals surface area contributed by atoms with Crippen molar-refractivity contribution in [1.82, 2.24) is 0 Å². The maximum absolute atomic E-state index is 13.0. The highest BCUT2D eigenvalue weighted by Crippen LogP contribution is 2.66. The van der Waals surface area contributed by atoms with Crippen LogP contribution in [0, 0.1) is 17.2 Å². The van der Waals surface area contributed by atoms with Crippen molar-refractivity contribution in [3.8, 4) is 0 Å². The lowest BCUT2D eigenvalue weighted by atomic mass is 10.0. The second-order valence-corrected chi connectivity index (χ2v) is 8.75. The Bertz CT molecular complexity index is 827. The van der Waals surface area contributed by atoms with Crippen LogP contribution < -0.4 is 5.14 Å². The van der Waals surface area contributed by atoms with Crippen LogP contribution in [0.15, 0.2) is 53.4 Å². The van der Waals surface area contributed by atoms with Crippen LogP contribution in [0.25, 0.3) is 0 Å². The molecule has 3 nitrogen and oxygen atoms in total. The third kappa shape index (κ3) is 3.37. The molecule has 5 heteroatoms. The Morgan fingerprint density at radius 2 is 1.62 bits per heavy atom. The molecule has 2 atom stereocenters. The molecule has 0 heterocycles. The van der Waals surface area contributed by atoms with Gasteiger partial charge in [-0.2, -0.15) is 0 Å². The molecule has 1 aliphatic carbocycles. The Labute approximate surface area is 142 Å². The molecule has 24 heavy (non-hydrogen) atoms. The molecule has 0 radical (unpaired) electrons. The van der Waals surface area contributed by atoms with Crippen LogP contribution in [0.5, 0.6) is 0 Å². The molecule has 1 fully saturated rings. The summed E-state index contributed by atoms with van der Waals surface area (Å²) < 4.78 is 35.7. The van der Waals surface area contributed by atoms with Crippen molar-refractivity contribution in [2.75, 3.05) is 0 Å². The predicted molar refractivity (Wildman–Crippen MR) is 92.5 cm³/mol. The number of nitrogens with two attached hydrogens (primary N) is 1. The minimum Gasteiger partial charge on any atom is -0.225 e. The third-order valence-electron chi connectivity index (χ3n) is 5.28. The first-order valence-electron chi connectivity index (χ1n) is 8.07. The Morgan fingerprint density at radius 3 is 2.17 bits per heavy atom. The van der Waals surface area contributed by atoms with Crippen molar-refractivity contribution < 1.29 is 12.8 Å². The van der Waals surface area contributed by atoms with Gasteiger partial charge in [0, 0.05) is 0 Å². The van der Waals surface area contributed by atoms with E-state index in [0.29, 0.717) is 11.8 Å². The standard InChI is InChI=1S/C19H22FNO2S/c1-19(2)17(12-5-13-3-8-15(20)9-4-13)18(19)14-6-10-16(11-7-14)24(21,22)23/h3-4,6-11,17-18H,5,12H2,1-2H3,(H2,21,22,23). The van der Waals surface area contributed by atoms with E-state index >= 15 is 0 Å². The fraction of sp³-hybridized carbons (Fsp3) is 0.368. The number of primary sulfonamides is 1. The van der Waals surface area contributed by atoms with E-state index in [1.807, 2.05) is 24.3 Å². The van der Waals surface area contributed by atoms with E-state index in [-0.39, 0.29) is 16.1 Å². The van der Waals surface area contributed by atoms with Gasteiger partial charge in [0.2, 0.25) is 10.0 Å². The summed E-state index contributed by atoms with van der Waals surface area (Å²) in [6.07, 6.45) is 1.94. The lowest BCUT2D eigenvalue weighted by Gasteiger charge is -2.04. The van der Waals surface area contributed by atoms with Crippen LogP contribution in [0.1, 0.15) is 37.3 Å². The quantitative estimate of drug-likeness (QED) is 0.893. The number of hydrogen-bond acceptors (Lipinski definition) is 2. The van der Waals surface area contributed by atoms with E-state index in [0.717, 1.165) is 24.0 Å². The van der Waals surface area contributed by atoms with Gasteiger partial charge in [-0.05, 0) is 65.5 Å². The smallest absolute Gasteiger partial charge is 0.225 e. The molecule has 2 aromatic rings. The lowest BCUT2D eigenvalue weighted by molar-refractivity contribution is 0.530. The summed E-state index contributed by atoms with van der Waals surface area (Å²) in [6.45, 7) is 4.47. The van der Waals surface area contributed by atoms with Gasteiger partial charge in [0.15, 0.2) is 0 Å². The third-order valence-corrected chi connectivity index (χ3v) is 6.20. The van der Waals surface area contributed by atoms with Crippen LogP contribution in [-0.2, 0) is 16.4 Å². The zero-order chi connectivity index (χ0) is 17.5. The number of halogens is 1. The Balaban J connectivity index is 1.69. The maximum atomic E-state index is 13.0. The first-order valence-corrected chi connectivity index (χ1v) is 9.61. The zero-order valence-corrected chi connectivity index (χ0v) is 14.7. The molecule has 0 amide bonds. The largest absolute Gasteiger partial charge is 0.238 e. The Hall–Kier alpha value is -1.72. The van der Waals surface area contributed by atoms with Gasteiger partial charge in [0.05, 0.1) is 4.90 Å². The zero-order valence-electron chi connectivity index (χ0n) is 13.9. The lowest BCUT2D eigenvalue weighted by Crippen LogP contribution is -2.11. The second kappa shape index (κ2) is 5.97. The summed E-state index contributed by atoms with van der Waals surface area (Å²) in [5.41, 5.74) is 2.47. The number of rotatable bonds is 5. The average Bonchev–Trinajstić information content (AvgIpc) is 3.07. The number of hydrogen-bond donors (Lipinski definition) is 1. The topological polar surface area (TPSA) is 60.2 Å². The number of sulfonamides is 1. The number of benzene rings is 2. The summed E-state index contributed by atoms with van der Waals surface area (Å²) in [6, 6.07) is 13.6. The highest BCUT2D eigenvalue weighted by atomic mass is 32.2. The van der Waals surface area contributed by atoms with E-state index in [1.165, 1.54) is 12.1 Å². The Kier molecular flexibility index (Phi) is 4.26. The van der Waals surface area contributed by atoms with Gasteiger partial charge in [-0.25, -0.2) is 17.9 Å². The van der Waals surface area contributed by atoms with Crippen molar-refractivity contribution in [1.29, 1.82) is 0 Å². The van der Waals surface area contributed by atoms with Crippen LogP contribution in [0.3, 0.4) is 0 Å². The molecule has 0 bridgehead atoms. The van der Waals surface area contributed by atoms with Crippen molar-refractivity contribution >= 4 is 10.0 Å². The van der Waals surface area contributed by atoms with E-state index < -0.39 is 10.0 Å². The summed E-state index contributed by atoms with van der Waals surface area (Å²) in [7, 11) is -3.65. The predicted octanol–water partition coefficient (Wildman–Crippen LogP) is 3.85. The highest BCUT2D eigenvalue weighted by Gasteiger charge is 2.57. The molecule has 0 aliphatic heterocycles. The molecule has 2 unspecified atom stereocenters. The first kappa shape index (κ1) is 17.1. The van der Waals surface area contributed by atoms with Crippen molar-refractivity contribution in [2.45, 2.75) is 37.5 Å². The molecule has 2 aromatic carbocycles. The van der Waals surface area contributed by atoms with E-state index in [1.54, 1.807) is 12.1 Å². The fourth-order valence-electron chi connectivity index (χ4n) is 3.78. The molecule has 0 saturated heterocycles. The SMILES string of the molecule is CC1(C)C(CCc2ccc(F)cc2)C1c1ccc(S(N)(=O)=O)cc1. The molecule has 2 N–H and O–H groups in total. The summed E-state index contributed by atoms with van der Waals surface area (Å²) >= 11 is 0. The monoisotopic (exact) mass is 347 g/mol. The van der Waals surface area contributed by atoms with Crippen molar-refractivity contribution in [2.24, 2.45) is 16.5 Å². The fourth-order valence-corrected chi connectivity index (χ4v) is 4.30. The second-order valence-electron chi connectivity index (χ2n) is 7.18. The molecular weight excluding hydrogens is 325 g/mol. The minimum atomic E-state index is -3.65. The summed E-state index contributed by atoms with van der Waals surface area (Å²) in [5.74, 6) is 0.730. The highest BCUT2D eigenvalue weighted by molar-refractivity contribution is 7.89. The van der Waals surface area contributed by atoms with Gasteiger partial charge >= 0.3 is 0 Å². The number of aryl methyl sites for hydroxylation is 1. The van der Waals surface area contributed by atoms with Crippen molar-refractivity contribution in [3.05, 3.63) is 65.5 Å². The van der Waals surface area contributed by atoms with Gasteiger partial charge in [0.1, 0.15) is 5.82 Å². The summed E-state index contributed by atoms with van der Waals surface area (Å²) in [5, 5.41) is 5.15. The minimum absolute atomic E-state index is 0.146. The van der Waals surface area contributed by atoms with Crippen LogP contribution in [0.2, 0.25) is 0 Å². The molecular formula is C19H22FNO2S. The van der Waals surface area contributed by atoms with Gasteiger partial charge in [-0.15, -0.1) is 0 Å². The normalized spacial score (nSPS) is 22.3. The molecule has 1 saturated carbocycles. The van der Waals surface area contributed by atoms with Crippen LogP contribution >= 0.6 is 0 Å². The van der Waals surface area contributed by atoms with Gasteiger partial charge < -0.3 is 0 Å². The van der Waals surface area contributed by atoms with E-state index in [4.69, 9.17) is 5.14 Å². The molecule has 128 valence electrons. The summed E-state index contributed by atoms with van der Waals surface area (Å²) in [4.78, 5) is 0.146. The van der Waals surface area contributed by atoms with Crippen LogP contribution in [0.4, 0.5) is 4.39 Å². The van der Waals surface area contributed by atoms with Crippen molar-refractivity contribution in [3.63, 3.8) is 0 Å². The molecule has 0 spiro atoms.